The first-order chi connectivity index (χ1) is 6.72. The van der Waals surface area contributed by atoms with Gasteiger partial charge in [0.1, 0.15) is 5.75 Å². The van der Waals surface area contributed by atoms with Gasteiger partial charge in [0, 0.05) is 12.6 Å². The molecule has 0 saturated carbocycles. The molecule has 1 aromatic carbocycles. The molecule has 0 spiro atoms. The number of hydrogen-bond acceptors (Lipinski definition) is 2. The number of nitrogens with two attached hydrogens (primary N) is 1. The topological polar surface area (TPSA) is 35.2 Å². The van der Waals surface area contributed by atoms with Crippen LogP contribution in [0.5, 0.6) is 5.75 Å². The van der Waals surface area contributed by atoms with E-state index in [1.165, 1.54) is 12.1 Å². The smallest absolute Gasteiger partial charge is 0.428 e. The monoisotopic (exact) mass is 223 g/mol. The molecule has 2 nitrogen and oxygen atoms in total. The van der Waals surface area contributed by atoms with E-state index in [1.54, 1.807) is 0 Å². The third kappa shape index (κ3) is 2.74. The summed E-state index contributed by atoms with van der Waals surface area (Å²) in [7, 11) is 0. The molecule has 0 aliphatic heterocycles. The van der Waals surface area contributed by atoms with Crippen LogP contribution in [0.4, 0.5) is 23.2 Å². The Morgan fingerprint density at radius 3 is 1.93 bits per heavy atom. The normalized spacial score (nSPS) is 12.6. The van der Waals surface area contributed by atoms with Crippen molar-refractivity contribution in [3.63, 3.8) is 0 Å². The number of halogens is 4. The quantitative estimate of drug-likeness (QED) is 0.631. The summed E-state index contributed by atoms with van der Waals surface area (Å²) in [5.74, 6) is -4.61. The summed E-state index contributed by atoms with van der Waals surface area (Å²) in [6.45, 7) is 0.0876. The molecule has 0 bridgehead atoms. The molecule has 0 aromatic heterocycles. The van der Waals surface area contributed by atoms with E-state index in [2.05, 4.69) is 4.74 Å². The third-order valence-corrected chi connectivity index (χ3v) is 1.64. The van der Waals surface area contributed by atoms with Gasteiger partial charge in [0.25, 0.3) is 0 Å². The highest BCUT2D eigenvalue weighted by Gasteiger charge is 2.55. The fourth-order valence-electron chi connectivity index (χ4n) is 0.773. The van der Waals surface area contributed by atoms with Crippen LogP contribution in [0.3, 0.4) is 0 Å². The zero-order valence-corrected chi connectivity index (χ0v) is 7.81. The van der Waals surface area contributed by atoms with Gasteiger partial charge in [-0.15, -0.1) is 0 Å². The summed E-state index contributed by atoms with van der Waals surface area (Å²) in [4.78, 5) is 0. The molecule has 1 aromatic rings. The van der Waals surface area contributed by atoms with Crippen LogP contribution in [0.2, 0.25) is 0 Å². The average molecular weight is 223 g/mol. The molecule has 0 amide bonds. The molecular formula is C9H9F4NO. The predicted molar refractivity (Wildman–Crippen MR) is 47.1 cm³/mol. The molecule has 15 heavy (non-hydrogen) atoms. The van der Waals surface area contributed by atoms with Crippen molar-refractivity contribution in [1.82, 2.24) is 0 Å². The lowest BCUT2D eigenvalue weighted by Gasteiger charge is -2.23. The Kier molecular flexibility index (Phi) is 2.79. The van der Waals surface area contributed by atoms with Crippen molar-refractivity contribution in [2.75, 3.05) is 5.73 Å². The summed E-state index contributed by atoms with van der Waals surface area (Å²) in [6, 6.07) is 4.74. The minimum atomic E-state index is -4.54. The highest BCUT2D eigenvalue weighted by Crippen LogP contribution is 2.35. The average Bonchev–Trinajstić information content (AvgIpc) is 2.06. The summed E-state index contributed by atoms with van der Waals surface area (Å²) in [5, 5.41) is 0. The second-order valence-corrected chi connectivity index (χ2v) is 3.08. The molecule has 1 rings (SSSR count). The van der Waals surface area contributed by atoms with Gasteiger partial charge in [-0.05, 0) is 24.3 Å². The van der Waals surface area contributed by atoms with Gasteiger partial charge < -0.3 is 10.5 Å². The van der Waals surface area contributed by atoms with Crippen molar-refractivity contribution in [2.24, 2.45) is 0 Å². The largest absolute Gasteiger partial charge is 0.463 e. The van der Waals surface area contributed by atoms with Gasteiger partial charge in [-0.3, -0.25) is 0 Å². The van der Waals surface area contributed by atoms with Crippen LogP contribution in [0, 0.1) is 0 Å². The maximum absolute atomic E-state index is 12.7. The standard InChI is InChI=1S/C9H9F4NO/c1-8(10,11)9(12,13)15-7-4-2-6(14)3-5-7/h2-5H,14H2,1H3. The molecule has 0 radical (unpaired) electrons. The highest BCUT2D eigenvalue weighted by atomic mass is 19.3. The van der Waals surface area contributed by atoms with Crippen molar-refractivity contribution >= 4 is 5.69 Å². The Morgan fingerprint density at radius 1 is 1.07 bits per heavy atom. The van der Waals surface area contributed by atoms with Gasteiger partial charge in [-0.1, -0.05) is 0 Å². The highest BCUT2D eigenvalue weighted by molar-refractivity contribution is 5.41. The summed E-state index contributed by atoms with van der Waals surface area (Å²) in [5.41, 5.74) is 5.61. The van der Waals surface area contributed by atoms with E-state index in [0.717, 1.165) is 12.1 Å². The Balaban J connectivity index is 2.82. The van der Waals surface area contributed by atoms with E-state index < -0.39 is 12.0 Å². The fourth-order valence-corrected chi connectivity index (χ4v) is 0.773. The minimum absolute atomic E-state index is 0.0876. The number of nitrogen functional groups attached to an aromatic ring is 1. The lowest BCUT2D eigenvalue weighted by molar-refractivity contribution is -0.301. The molecule has 6 heteroatoms. The molecule has 84 valence electrons. The van der Waals surface area contributed by atoms with Gasteiger partial charge in [0.15, 0.2) is 0 Å². The molecule has 2 N–H and O–H groups in total. The molecule has 0 atom stereocenters. The second-order valence-electron chi connectivity index (χ2n) is 3.08. The van der Waals surface area contributed by atoms with Gasteiger partial charge in [-0.2, -0.15) is 17.6 Å². The summed E-state index contributed by atoms with van der Waals surface area (Å²) >= 11 is 0. The minimum Gasteiger partial charge on any atom is -0.428 e. The van der Waals surface area contributed by atoms with E-state index in [-0.39, 0.29) is 12.7 Å². The SMILES string of the molecule is CC(F)(F)C(F)(F)Oc1ccc(N)cc1. The van der Waals surface area contributed by atoms with E-state index in [1.807, 2.05) is 0 Å². The van der Waals surface area contributed by atoms with Crippen molar-refractivity contribution in [1.29, 1.82) is 0 Å². The number of anilines is 1. The molecule has 0 saturated heterocycles. The van der Waals surface area contributed by atoms with Crippen LogP contribution in [0.25, 0.3) is 0 Å². The van der Waals surface area contributed by atoms with Gasteiger partial charge in [-0.25, -0.2) is 0 Å². The van der Waals surface area contributed by atoms with Crippen molar-refractivity contribution in [2.45, 2.75) is 19.0 Å². The predicted octanol–water partition coefficient (Wildman–Crippen LogP) is 2.90. The van der Waals surface area contributed by atoms with Crippen LogP contribution in [-0.4, -0.2) is 12.0 Å². The Labute approximate surface area is 83.6 Å². The summed E-state index contributed by atoms with van der Waals surface area (Å²) in [6.07, 6.45) is -4.54. The first-order valence-corrected chi connectivity index (χ1v) is 4.02. The molecule has 0 unspecified atom stereocenters. The Bertz CT molecular complexity index is 331. The maximum Gasteiger partial charge on any atom is 0.463 e. The van der Waals surface area contributed by atoms with Gasteiger partial charge in [0.05, 0.1) is 0 Å². The molecular weight excluding hydrogens is 214 g/mol. The first kappa shape index (κ1) is 11.6. The van der Waals surface area contributed by atoms with Crippen molar-refractivity contribution in [3.8, 4) is 5.75 Å². The number of alkyl halides is 4. The first-order valence-electron chi connectivity index (χ1n) is 4.02. The lowest BCUT2D eigenvalue weighted by Crippen LogP contribution is -2.42. The third-order valence-electron chi connectivity index (χ3n) is 1.64. The summed E-state index contributed by atoms with van der Waals surface area (Å²) < 4.78 is 54.0. The van der Waals surface area contributed by atoms with Crippen molar-refractivity contribution < 1.29 is 22.3 Å². The van der Waals surface area contributed by atoms with E-state index in [9.17, 15) is 17.6 Å². The maximum atomic E-state index is 12.7. The van der Waals surface area contributed by atoms with Crippen molar-refractivity contribution in [3.05, 3.63) is 24.3 Å². The molecule has 0 fully saturated rings. The van der Waals surface area contributed by atoms with Crippen LogP contribution < -0.4 is 10.5 Å². The Morgan fingerprint density at radius 2 is 1.53 bits per heavy atom. The molecule has 0 heterocycles. The molecule has 0 aliphatic carbocycles. The zero-order valence-electron chi connectivity index (χ0n) is 7.81. The number of benzene rings is 1. The van der Waals surface area contributed by atoms with Crippen LogP contribution in [-0.2, 0) is 0 Å². The Hall–Kier alpha value is -1.46. The fraction of sp³-hybridized carbons (Fsp3) is 0.333. The van der Waals surface area contributed by atoms with Gasteiger partial charge >= 0.3 is 12.0 Å². The number of hydrogen-bond donors (Lipinski definition) is 1. The van der Waals surface area contributed by atoms with E-state index >= 15 is 0 Å². The number of rotatable bonds is 3. The molecule has 0 aliphatic rings. The van der Waals surface area contributed by atoms with Crippen LogP contribution in [0.1, 0.15) is 6.92 Å². The second kappa shape index (κ2) is 3.60. The van der Waals surface area contributed by atoms with E-state index in [4.69, 9.17) is 5.73 Å². The van der Waals surface area contributed by atoms with Gasteiger partial charge in [0.2, 0.25) is 0 Å². The zero-order chi connectivity index (χ0) is 11.7. The van der Waals surface area contributed by atoms with Crippen LogP contribution in [0.15, 0.2) is 24.3 Å². The lowest BCUT2D eigenvalue weighted by atomic mass is 10.3. The number of ether oxygens (including phenoxy) is 1. The van der Waals surface area contributed by atoms with E-state index in [0.29, 0.717) is 5.69 Å². The van der Waals surface area contributed by atoms with Crippen LogP contribution >= 0.6 is 0 Å².